The summed E-state index contributed by atoms with van der Waals surface area (Å²) in [6.45, 7) is 11.3. The van der Waals surface area contributed by atoms with E-state index in [-0.39, 0.29) is 0 Å². The quantitative estimate of drug-likeness (QED) is 0.379. The van der Waals surface area contributed by atoms with Gasteiger partial charge in [0, 0.05) is 0 Å². The number of nitrogens with two attached hydrogens (primary N) is 1. The molecule has 3 nitrogen and oxygen atoms in total. The van der Waals surface area contributed by atoms with Gasteiger partial charge in [0.2, 0.25) is 5.91 Å². The van der Waals surface area contributed by atoms with Crippen molar-refractivity contribution in [3.05, 3.63) is 38.0 Å². The van der Waals surface area contributed by atoms with Gasteiger partial charge in [0.05, 0.1) is 13.2 Å². The Balaban J connectivity index is 0. The van der Waals surface area contributed by atoms with Crippen molar-refractivity contribution in [1.29, 1.82) is 0 Å². The van der Waals surface area contributed by atoms with E-state index in [0.29, 0.717) is 13.2 Å². The van der Waals surface area contributed by atoms with Crippen molar-refractivity contribution in [3.63, 3.8) is 0 Å². The number of ether oxygens (including phenoxy) is 1. The Kier molecular flexibility index (Phi) is 13.6. The van der Waals surface area contributed by atoms with Crippen LogP contribution in [-0.2, 0) is 9.53 Å². The average molecular weight is 169 g/mol. The molecule has 0 radical (unpaired) electrons. The molecule has 0 fully saturated rings. The zero-order chi connectivity index (χ0) is 9.82. The van der Waals surface area contributed by atoms with E-state index in [0.717, 1.165) is 6.08 Å². The second-order valence-electron chi connectivity index (χ2n) is 1.72. The number of carbonyl (C=O) groups excluding carboxylic acids is 1. The molecule has 0 unspecified atom stereocenters. The van der Waals surface area contributed by atoms with Crippen LogP contribution in [0.2, 0.25) is 0 Å². The molecule has 12 heavy (non-hydrogen) atoms. The molecular formula is C9H15NO2. The lowest BCUT2D eigenvalue weighted by Crippen LogP contribution is -2.04. The summed E-state index contributed by atoms with van der Waals surface area (Å²) < 4.78 is 4.90. The van der Waals surface area contributed by atoms with Gasteiger partial charge in [-0.1, -0.05) is 18.7 Å². The summed E-state index contributed by atoms with van der Waals surface area (Å²) in [4.78, 5) is 9.47. The maximum Gasteiger partial charge on any atom is 0.240 e. The Labute approximate surface area is 73.2 Å². The smallest absolute Gasteiger partial charge is 0.240 e. The van der Waals surface area contributed by atoms with Crippen molar-refractivity contribution in [1.82, 2.24) is 0 Å². The van der Waals surface area contributed by atoms with Crippen LogP contribution in [0.4, 0.5) is 0 Å². The molecule has 0 saturated heterocycles. The van der Waals surface area contributed by atoms with Crippen LogP contribution in [0.1, 0.15) is 0 Å². The zero-order valence-corrected chi connectivity index (χ0v) is 7.16. The third kappa shape index (κ3) is 23.4. The monoisotopic (exact) mass is 169 g/mol. The Bertz CT molecular complexity index is 145. The summed E-state index contributed by atoms with van der Waals surface area (Å²) in [5.41, 5.74) is 4.53. The number of carbonyl (C=O) groups is 1. The first kappa shape index (κ1) is 13.3. The largest absolute Gasteiger partial charge is 0.373 e. The van der Waals surface area contributed by atoms with Crippen LogP contribution in [0.3, 0.4) is 0 Å². The standard InChI is InChI=1S/C6H10O.C3H5NO/c1-3-5-7-6-4-2;1-2-3(4)5/h3-4H,1-2,5-6H2;2H,1H2,(H2,4,5). The fraction of sp³-hybridized carbons (Fsp3) is 0.222. The molecule has 0 saturated carbocycles. The van der Waals surface area contributed by atoms with Gasteiger partial charge in [-0.3, -0.25) is 4.79 Å². The predicted molar refractivity (Wildman–Crippen MR) is 50.6 cm³/mol. The number of hydrogen-bond acceptors (Lipinski definition) is 2. The summed E-state index contributed by atoms with van der Waals surface area (Å²) in [5, 5.41) is 0. The number of primary amides is 1. The highest BCUT2D eigenvalue weighted by Crippen LogP contribution is 1.72. The first-order valence-corrected chi connectivity index (χ1v) is 3.40. The van der Waals surface area contributed by atoms with Gasteiger partial charge < -0.3 is 10.5 Å². The van der Waals surface area contributed by atoms with Gasteiger partial charge in [0.1, 0.15) is 0 Å². The molecule has 0 aliphatic heterocycles. The van der Waals surface area contributed by atoms with E-state index in [2.05, 4.69) is 25.5 Å². The molecule has 0 aromatic rings. The van der Waals surface area contributed by atoms with Crippen LogP contribution in [0.15, 0.2) is 38.0 Å². The van der Waals surface area contributed by atoms with Gasteiger partial charge in [0.25, 0.3) is 0 Å². The predicted octanol–water partition coefficient (Wildman–Crippen LogP) is 1.03. The van der Waals surface area contributed by atoms with Crippen molar-refractivity contribution in [3.8, 4) is 0 Å². The summed E-state index contributed by atoms with van der Waals surface area (Å²) in [7, 11) is 0. The lowest BCUT2D eigenvalue weighted by molar-refractivity contribution is -0.113. The van der Waals surface area contributed by atoms with Crippen LogP contribution in [0, 0.1) is 0 Å². The molecule has 0 bridgehead atoms. The van der Waals surface area contributed by atoms with Gasteiger partial charge in [-0.2, -0.15) is 0 Å². The van der Waals surface area contributed by atoms with Crippen LogP contribution in [-0.4, -0.2) is 19.1 Å². The summed E-state index contributed by atoms with van der Waals surface area (Å²) in [6, 6.07) is 0. The van der Waals surface area contributed by atoms with E-state index >= 15 is 0 Å². The van der Waals surface area contributed by atoms with Crippen molar-refractivity contribution in [2.45, 2.75) is 0 Å². The maximum absolute atomic E-state index is 9.47. The number of amides is 1. The zero-order valence-electron chi connectivity index (χ0n) is 7.16. The highest BCUT2D eigenvalue weighted by Gasteiger charge is 1.71. The van der Waals surface area contributed by atoms with Gasteiger partial charge in [-0.15, -0.1) is 13.2 Å². The lowest BCUT2D eigenvalue weighted by atomic mass is 10.6. The molecule has 0 atom stereocenters. The third-order valence-electron chi connectivity index (χ3n) is 0.673. The van der Waals surface area contributed by atoms with Crippen LogP contribution in [0.25, 0.3) is 0 Å². The molecule has 0 aliphatic rings. The first-order valence-electron chi connectivity index (χ1n) is 3.40. The summed E-state index contributed by atoms with van der Waals surface area (Å²) in [5.74, 6) is -0.481. The number of hydrogen-bond donors (Lipinski definition) is 1. The normalized spacial score (nSPS) is 7.33. The van der Waals surface area contributed by atoms with E-state index in [1.54, 1.807) is 12.2 Å². The summed E-state index contributed by atoms with van der Waals surface area (Å²) >= 11 is 0. The topological polar surface area (TPSA) is 52.3 Å². The number of rotatable bonds is 5. The second kappa shape index (κ2) is 12.3. The van der Waals surface area contributed by atoms with E-state index < -0.39 is 5.91 Å². The van der Waals surface area contributed by atoms with E-state index in [1.165, 1.54) is 0 Å². The Morgan fingerprint density at radius 1 is 1.25 bits per heavy atom. The molecule has 1 amide bonds. The van der Waals surface area contributed by atoms with Crippen molar-refractivity contribution in [2.24, 2.45) is 5.73 Å². The molecule has 0 spiro atoms. The Hall–Kier alpha value is -1.35. The minimum absolute atomic E-state index is 0.481. The van der Waals surface area contributed by atoms with Crippen molar-refractivity contribution < 1.29 is 9.53 Å². The molecule has 68 valence electrons. The Morgan fingerprint density at radius 2 is 1.58 bits per heavy atom. The van der Waals surface area contributed by atoms with Crippen LogP contribution >= 0.6 is 0 Å². The van der Waals surface area contributed by atoms with Crippen molar-refractivity contribution in [2.75, 3.05) is 13.2 Å². The SMILES string of the molecule is C=CC(N)=O.C=CCOCC=C. The fourth-order valence-corrected chi connectivity index (χ4v) is 0.235. The Morgan fingerprint density at radius 3 is 1.75 bits per heavy atom. The minimum atomic E-state index is -0.481. The van der Waals surface area contributed by atoms with Crippen LogP contribution < -0.4 is 5.73 Å². The molecule has 0 aliphatic carbocycles. The molecule has 0 heterocycles. The van der Waals surface area contributed by atoms with E-state index in [9.17, 15) is 4.79 Å². The molecule has 0 aromatic carbocycles. The second-order valence-corrected chi connectivity index (χ2v) is 1.72. The lowest BCUT2D eigenvalue weighted by Gasteiger charge is -1.89. The van der Waals surface area contributed by atoms with E-state index in [1.807, 2.05) is 0 Å². The summed E-state index contributed by atoms with van der Waals surface area (Å²) in [6.07, 6.45) is 4.48. The molecule has 2 N–H and O–H groups in total. The highest BCUT2D eigenvalue weighted by molar-refractivity contribution is 5.84. The van der Waals surface area contributed by atoms with E-state index in [4.69, 9.17) is 4.74 Å². The van der Waals surface area contributed by atoms with Gasteiger partial charge in [-0.25, -0.2) is 0 Å². The molecular weight excluding hydrogens is 154 g/mol. The van der Waals surface area contributed by atoms with Gasteiger partial charge >= 0.3 is 0 Å². The third-order valence-corrected chi connectivity index (χ3v) is 0.673. The molecule has 0 rings (SSSR count). The maximum atomic E-state index is 9.47. The minimum Gasteiger partial charge on any atom is -0.373 e. The van der Waals surface area contributed by atoms with Gasteiger partial charge in [-0.05, 0) is 6.08 Å². The highest BCUT2D eigenvalue weighted by atomic mass is 16.5. The molecule has 3 heteroatoms. The van der Waals surface area contributed by atoms with Crippen molar-refractivity contribution >= 4 is 5.91 Å². The van der Waals surface area contributed by atoms with Crippen LogP contribution in [0.5, 0.6) is 0 Å². The fourth-order valence-electron chi connectivity index (χ4n) is 0.235. The van der Waals surface area contributed by atoms with Gasteiger partial charge in [0.15, 0.2) is 0 Å². The molecule has 0 aromatic heterocycles. The first-order chi connectivity index (χ1) is 5.68. The average Bonchev–Trinajstić information content (AvgIpc) is 2.07.